The molecule has 0 bridgehead atoms. The average molecular weight is 205 g/mol. The molecule has 0 radical (unpaired) electrons. The van der Waals surface area contributed by atoms with Crippen LogP contribution in [0.3, 0.4) is 0 Å². The molecule has 4 heteroatoms. The molecule has 2 rings (SSSR count). The number of aromatic nitrogens is 2. The lowest BCUT2D eigenvalue weighted by molar-refractivity contribution is 0.181. The van der Waals surface area contributed by atoms with Crippen LogP contribution in [0.2, 0.25) is 0 Å². The number of rotatable bonds is 4. The lowest BCUT2D eigenvalue weighted by Gasteiger charge is -2.13. The molecule has 0 saturated carbocycles. The van der Waals surface area contributed by atoms with Gasteiger partial charge in [0.05, 0.1) is 24.0 Å². The first-order chi connectivity index (χ1) is 7.35. The minimum absolute atomic E-state index is 0.252. The quantitative estimate of drug-likeness (QED) is 0.789. The summed E-state index contributed by atoms with van der Waals surface area (Å²) in [5.74, 6) is 0.252. The molecule has 80 valence electrons. The first kappa shape index (κ1) is 10.1. The van der Waals surface area contributed by atoms with E-state index in [9.17, 15) is 0 Å². The van der Waals surface area contributed by atoms with Gasteiger partial charge in [0.15, 0.2) is 0 Å². The molecule has 0 spiro atoms. The maximum Gasteiger partial charge on any atom is 0.0931 e. The molecule has 2 aromatic rings. The van der Waals surface area contributed by atoms with Gasteiger partial charge in [-0.15, -0.1) is 0 Å². The largest absolute Gasteiger partial charge is 0.384 e. The average Bonchev–Trinajstić information content (AvgIpc) is 2.72. The second-order valence-electron chi connectivity index (χ2n) is 3.57. The molecule has 0 amide bonds. The van der Waals surface area contributed by atoms with Crippen LogP contribution in [0.25, 0.3) is 11.0 Å². The summed E-state index contributed by atoms with van der Waals surface area (Å²) in [7, 11) is 1.69. The van der Waals surface area contributed by atoms with Crippen molar-refractivity contribution in [3.05, 3.63) is 30.1 Å². The van der Waals surface area contributed by atoms with Crippen LogP contribution in [0.5, 0.6) is 0 Å². The first-order valence-corrected chi connectivity index (χ1v) is 4.97. The summed E-state index contributed by atoms with van der Waals surface area (Å²) in [6.07, 6.45) is 1.70. The summed E-state index contributed by atoms with van der Waals surface area (Å²) < 4.78 is 5.14. The fourth-order valence-electron chi connectivity index (χ4n) is 1.71. The van der Waals surface area contributed by atoms with Crippen molar-refractivity contribution in [3.8, 4) is 0 Å². The Kier molecular flexibility index (Phi) is 2.99. The molecule has 0 aliphatic heterocycles. The lowest BCUT2D eigenvalue weighted by Crippen LogP contribution is -2.17. The van der Waals surface area contributed by atoms with Crippen LogP contribution >= 0.6 is 0 Å². The summed E-state index contributed by atoms with van der Waals surface area (Å²) >= 11 is 0. The monoisotopic (exact) mass is 205 g/mol. The Morgan fingerprint density at radius 3 is 3.13 bits per heavy atom. The van der Waals surface area contributed by atoms with Crippen molar-refractivity contribution in [2.24, 2.45) is 5.73 Å². The van der Waals surface area contributed by atoms with E-state index >= 15 is 0 Å². The minimum atomic E-state index is 0.252. The van der Waals surface area contributed by atoms with Crippen molar-refractivity contribution >= 4 is 11.0 Å². The highest BCUT2D eigenvalue weighted by atomic mass is 16.5. The number of hydrogen-bond donors (Lipinski definition) is 2. The second kappa shape index (κ2) is 4.42. The normalized spacial score (nSPS) is 13.2. The van der Waals surface area contributed by atoms with Crippen molar-refractivity contribution in [2.75, 3.05) is 20.3 Å². The molecule has 3 N–H and O–H groups in total. The predicted molar refractivity (Wildman–Crippen MR) is 59.8 cm³/mol. The van der Waals surface area contributed by atoms with Crippen molar-refractivity contribution in [3.63, 3.8) is 0 Å². The van der Waals surface area contributed by atoms with E-state index in [1.165, 1.54) is 5.56 Å². The smallest absolute Gasteiger partial charge is 0.0931 e. The highest BCUT2D eigenvalue weighted by Gasteiger charge is 2.10. The van der Waals surface area contributed by atoms with Gasteiger partial charge >= 0.3 is 0 Å². The fourth-order valence-corrected chi connectivity index (χ4v) is 1.71. The van der Waals surface area contributed by atoms with Gasteiger partial charge in [-0.3, -0.25) is 0 Å². The summed E-state index contributed by atoms with van der Waals surface area (Å²) in [5, 5.41) is 0. The van der Waals surface area contributed by atoms with E-state index in [4.69, 9.17) is 10.5 Å². The van der Waals surface area contributed by atoms with E-state index in [1.807, 2.05) is 6.07 Å². The number of hydrogen-bond acceptors (Lipinski definition) is 3. The molecular formula is C11H15N3O. The maximum absolute atomic E-state index is 5.70. The topological polar surface area (TPSA) is 63.9 Å². The molecule has 1 unspecified atom stereocenters. The third-order valence-electron chi connectivity index (χ3n) is 2.57. The van der Waals surface area contributed by atoms with Gasteiger partial charge in [-0.25, -0.2) is 4.98 Å². The highest BCUT2D eigenvalue weighted by Crippen LogP contribution is 2.19. The van der Waals surface area contributed by atoms with Crippen molar-refractivity contribution in [1.29, 1.82) is 0 Å². The molecule has 4 nitrogen and oxygen atoms in total. The molecule has 15 heavy (non-hydrogen) atoms. The number of benzene rings is 1. The number of H-pyrrole nitrogens is 1. The van der Waals surface area contributed by atoms with Crippen molar-refractivity contribution < 1.29 is 4.74 Å². The molecule has 1 aromatic heterocycles. The zero-order chi connectivity index (χ0) is 10.7. The molecule has 0 saturated heterocycles. The Morgan fingerprint density at radius 2 is 2.40 bits per heavy atom. The first-order valence-electron chi connectivity index (χ1n) is 4.97. The number of nitrogens with two attached hydrogens (primary N) is 1. The summed E-state index contributed by atoms with van der Waals surface area (Å²) in [4.78, 5) is 7.26. The van der Waals surface area contributed by atoms with E-state index in [-0.39, 0.29) is 5.92 Å². The van der Waals surface area contributed by atoms with Gasteiger partial charge in [-0.1, -0.05) is 6.07 Å². The predicted octanol–water partition coefficient (Wildman–Crippen LogP) is 1.25. The third kappa shape index (κ3) is 2.00. The zero-order valence-electron chi connectivity index (χ0n) is 8.73. The lowest BCUT2D eigenvalue weighted by atomic mass is 10.00. The number of imidazole rings is 1. The number of fused-ring (bicyclic) bond motifs is 1. The van der Waals surface area contributed by atoms with Crippen molar-refractivity contribution in [1.82, 2.24) is 9.97 Å². The molecule has 1 heterocycles. The van der Waals surface area contributed by atoms with E-state index < -0.39 is 0 Å². The summed E-state index contributed by atoms with van der Waals surface area (Å²) in [5.41, 5.74) is 8.92. The molecule has 0 fully saturated rings. The number of methoxy groups -OCH3 is 1. The van der Waals surface area contributed by atoms with Crippen LogP contribution < -0.4 is 5.73 Å². The molecular weight excluding hydrogens is 190 g/mol. The van der Waals surface area contributed by atoms with Gasteiger partial charge in [0.2, 0.25) is 0 Å². The van der Waals surface area contributed by atoms with Crippen LogP contribution in [0.1, 0.15) is 11.5 Å². The van der Waals surface area contributed by atoms with Gasteiger partial charge in [-0.2, -0.15) is 0 Å². The fraction of sp³-hybridized carbons (Fsp3) is 0.364. The van der Waals surface area contributed by atoms with E-state index in [0.717, 1.165) is 11.0 Å². The van der Waals surface area contributed by atoms with Gasteiger partial charge in [0.25, 0.3) is 0 Å². The summed E-state index contributed by atoms with van der Waals surface area (Å²) in [6.45, 7) is 1.24. The van der Waals surface area contributed by atoms with Gasteiger partial charge < -0.3 is 15.5 Å². The van der Waals surface area contributed by atoms with Crippen LogP contribution in [0.15, 0.2) is 24.5 Å². The Labute approximate surface area is 88.5 Å². The molecule has 0 aliphatic carbocycles. The van der Waals surface area contributed by atoms with Gasteiger partial charge in [0.1, 0.15) is 0 Å². The number of nitrogens with one attached hydrogen (secondary N) is 1. The van der Waals surface area contributed by atoms with Gasteiger partial charge in [-0.05, 0) is 17.7 Å². The minimum Gasteiger partial charge on any atom is -0.384 e. The standard InChI is InChI=1S/C11H15N3O/c1-15-6-9(5-12)8-2-3-10-11(4-8)14-7-13-10/h2-4,7,9H,5-6,12H2,1H3,(H,13,14). The maximum atomic E-state index is 5.70. The number of ether oxygens (including phenoxy) is 1. The Morgan fingerprint density at radius 1 is 1.53 bits per heavy atom. The number of nitrogens with zero attached hydrogens (tertiary/aromatic N) is 1. The Hall–Kier alpha value is -1.39. The second-order valence-corrected chi connectivity index (χ2v) is 3.57. The van der Waals surface area contributed by atoms with E-state index in [0.29, 0.717) is 13.2 Å². The zero-order valence-corrected chi connectivity index (χ0v) is 8.73. The van der Waals surface area contributed by atoms with Crippen LogP contribution in [0.4, 0.5) is 0 Å². The van der Waals surface area contributed by atoms with Crippen LogP contribution in [-0.4, -0.2) is 30.2 Å². The molecule has 0 aliphatic rings. The summed E-state index contributed by atoms with van der Waals surface area (Å²) in [6, 6.07) is 6.14. The highest BCUT2D eigenvalue weighted by molar-refractivity contribution is 5.75. The SMILES string of the molecule is COCC(CN)c1ccc2nc[nH]c2c1. The number of aromatic amines is 1. The van der Waals surface area contributed by atoms with Crippen molar-refractivity contribution in [2.45, 2.75) is 5.92 Å². The Bertz CT molecular complexity index is 438. The van der Waals surface area contributed by atoms with Gasteiger partial charge in [0, 0.05) is 19.6 Å². The van der Waals surface area contributed by atoms with Crippen LogP contribution in [0, 0.1) is 0 Å². The van der Waals surface area contributed by atoms with E-state index in [2.05, 4.69) is 22.1 Å². The van der Waals surface area contributed by atoms with E-state index in [1.54, 1.807) is 13.4 Å². The van der Waals surface area contributed by atoms with Crippen LogP contribution in [-0.2, 0) is 4.74 Å². The molecule has 1 atom stereocenters. The third-order valence-corrected chi connectivity index (χ3v) is 2.57. The molecule has 1 aromatic carbocycles. The Balaban J connectivity index is 2.33.